The quantitative estimate of drug-likeness (QED) is 0.177. The number of nitrogen functional groups attached to an aromatic ring is 1. The minimum Gasteiger partial charge on any atom is -0.497 e. The summed E-state index contributed by atoms with van der Waals surface area (Å²) in [5.74, 6) is 1.73. The van der Waals surface area contributed by atoms with Gasteiger partial charge in [-0.05, 0) is 76.9 Å². The molecule has 0 unspecified atom stereocenters. The standard InChI is InChI=1S/C19H17NO.C12H11N.C7H7BrO.CH4/c1-21-19-12-6-11-18(14-19)20-17-10-5-9-16(13-17)15-7-3-2-4-8-15;13-12-8-4-7-11(9-12)10-5-2-1-3-6-10;1-9-7-4-2-3-6(8)5-7;/h2-14,20H,1H3;1-9H,13H2;2-5H,1H3;1H4. The van der Waals surface area contributed by atoms with E-state index in [-0.39, 0.29) is 7.43 Å². The van der Waals surface area contributed by atoms with Gasteiger partial charge in [0.25, 0.3) is 0 Å². The van der Waals surface area contributed by atoms with E-state index in [0.717, 1.165) is 33.0 Å². The van der Waals surface area contributed by atoms with Crippen LogP contribution >= 0.6 is 15.9 Å². The SMILES string of the molecule is C.COc1cccc(Br)c1.COc1cccc(Nc2cccc(-c3ccccc3)c2)c1.Nc1cccc(-c2ccccc2)c1. The molecule has 224 valence electrons. The largest absolute Gasteiger partial charge is 0.497 e. The number of anilines is 3. The molecule has 6 aromatic rings. The number of hydrogen-bond donors (Lipinski definition) is 2. The molecule has 0 aliphatic heterocycles. The van der Waals surface area contributed by atoms with Gasteiger partial charge in [0, 0.05) is 27.6 Å². The van der Waals surface area contributed by atoms with E-state index in [2.05, 4.69) is 88.0 Å². The summed E-state index contributed by atoms with van der Waals surface area (Å²) in [6, 6.07) is 52.5. The van der Waals surface area contributed by atoms with Crippen molar-refractivity contribution in [1.82, 2.24) is 0 Å². The Morgan fingerprint density at radius 2 is 0.932 bits per heavy atom. The Bertz CT molecular complexity index is 1690. The molecule has 5 heteroatoms. The maximum Gasteiger partial charge on any atom is 0.120 e. The van der Waals surface area contributed by atoms with E-state index in [1.54, 1.807) is 14.2 Å². The Balaban J connectivity index is 0.000000197. The highest BCUT2D eigenvalue weighted by Crippen LogP contribution is 2.26. The molecule has 6 rings (SSSR count). The first-order valence-electron chi connectivity index (χ1n) is 13.8. The number of ether oxygens (including phenoxy) is 2. The highest BCUT2D eigenvalue weighted by atomic mass is 79.9. The van der Waals surface area contributed by atoms with E-state index in [1.165, 1.54) is 22.3 Å². The van der Waals surface area contributed by atoms with Crippen LogP contribution in [0.15, 0.2) is 162 Å². The number of rotatable bonds is 6. The van der Waals surface area contributed by atoms with Crippen molar-refractivity contribution < 1.29 is 9.47 Å². The third-order valence-electron chi connectivity index (χ3n) is 6.35. The molecule has 0 amide bonds. The van der Waals surface area contributed by atoms with Crippen LogP contribution < -0.4 is 20.5 Å². The summed E-state index contributed by atoms with van der Waals surface area (Å²) in [5, 5.41) is 3.41. The smallest absolute Gasteiger partial charge is 0.120 e. The normalized spacial score (nSPS) is 9.61. The number of halogens is 1. The van der Waals surface area contributed by atoms with Crippen LogP contribution in [0.4, 0.5) is 17.1 Å². The van der Waals surface area contributed by atoms with Gasteiger partial charge in [-0.2, -0.15) is 0 Å². The Kier molecular flexibility index (Phi) is 13.6. The minimum atomic E-state index is 0. The fraction of sp³-hybridized carbons (Fsp3) is 0.0769. The van der Waals surface area contributed by atoms with E-state index in [9.17, 15) is 0 Å². The summed E-state index contributed by atoms with van der Waals surface area (Å²) in [5.41, 5.74) is 13.4. The average Bonchev–Trinajstić information content (AvgIpc) is 3.06. The van der Waals surface area contributed by atoms with Crippen LogP contribution in [0.25, 0.3) is 22.3 Å². The van der Waals surface area contributed by atoms with Crippen molar-refractivity contribution >= 4 is 33.0 Å². The van der Waals surface area contributed by atoms with Crippen molar-refractivity contribution in [2.45, 2.75) is 7.43 Å². The number of benzene rings is 6. The van der Waals surface area contributed by atoms with Gasteiger partial charge in [-0.25, -0.2) is 0 Å². The van der Waals surface area contributed by atoms with Crippen LogP contribution in [0, 0.1) is 0 Å². The van der Waals surface area contributed by atoms with Crippen molar-refractivity contribution in [2.75, 3.05) is 25.3 Å². The van der Waals surface area contributed by atoms with E-state index >= 15 is 0 Å². The van der Waals surface area contributed by atoms with Crippen molar-refractivity contribution in [2.24, 2.45) is 0 Å². The third kappa shape index (κ3) is 10.7. The lowest BCUT2D eigenvalue weighted by atomic mass is 10.1. The zero-order valence-electron chi connectivity index (χ0n) is 24.3. The summed E-state index contributed by atoms with van der Waals surface area (Å²) in [7, 11) is 3.33. The van der Waals surface area contributed by atoms with E-state index in [1.807, 2.05) is 91.0 Å². The van der Waals surface area contributed by atoms with Gasteiger partial charge >= 0.3 is 0 Å². The summed E-state index contributed by atoms with van der Waals surface area (Å²) in [6.07, 6.45) is 0. The topological polar surface area (TPSA) is 56.5 Å². The van der Waals surface area contributed by atoms with Gasteiger partial charge in [0.2, 0.25) is 0 Å². The average molecular weight is 648 g/mol. The van der Waals surface area contributed by atoms with E-state index in [4.69, 9.17) is 15.2 Å². The zero-order chi connectivity index (χ0) is 30.3. The molecule has 3 N–H and O–H groups in total. The van der Waals surface area contributed by atoms with Gasteiger partial charge in [0.05, 0.1) is 14.2 Å². The number of nitrogens with two attached hydrogens (primary N) is 1. The molecule has 0 saturated heterocycles. The second-order valence-corrected chi connectivity index (χ2v) is 10.4. The first-order valence-corrected chi connectivity index (χ1v) is 14.6. The molecule has 0 heterocycles. The Hall–Kier alpha value is -5.00. The van der Waals surface area contributed by atoms with Gasteiger partial charge in [-0.1, -0.05) is 120 Å². The van der Waals surface area contributed by atoms with Crippen molar-refractivity contribution in [3.8, 4) is 33.8 Å². The van der Waals surface area contributed by atoms with Crippen LogP contribution in [-0.4, -0.2) is 14.2 Å². The lowest BCUT2D eigenvalue weighted by molar-refractivity contribution is 0.414. The molecule has 0 bridgehead atoms. The van der Waals surface area contributed by atoms with Crippen LogP contribution in [-0.2, 0) is 0 Å². The number of nitrogens with one attached hydrogen (secondary N) is 1. The summed E-state index contributed by atoms with van der Waals surface area (Å²) in [4.78, 5) is 0. The summed E-state index contributed by atoms with van der Waals surface area (Å²) in [6.45, 7) is 0. The molecule has 0 spiro atoms. The van der Waals surface area contributed by atoms with Gasteiger partial charge in [-0.3, -0.25) is 0 Å². The Morgan fingerprint density at radius 3 is 1.45 bits per heavy atom. The Labute approximate surface area is 270 Å². The van der Waals surface area contributed by atoms with Crippen molar-refractivity contribution in [3.05, 3.63) is 162 Å². The number of hydrogen-bond acceptors (Lipinski definition) is 4. The fourth-order valence-corrected chi connectivity index (χ4v) is 4.60. The molecule has 0 aliphatic rings. The van der Waals surface area contributed by atoms with Crippen molar-refractivity contribution in [1.29, 1.82) is 0 Å². The monoisotopic (exact) mass is 646 g/mol. The van der Waals surface area contributed by atoms with Crippen LogP contribution in [0.3, 0.4) is 0 Å². The van der Waals surface area contributed by atoms with Gasteiger partial charge in [0.1, 0.15) is 11.5 Å². The molecule has 0 saturated carbocycles. The van der Waals surface area contributed by atoms with Gasteiger partial charge in [-0.15, -0.1) is 0 Å². The predicted molar refractivity (Wildman–Crippen MR) is 192 cm³/mol. The molecule has 6 aromatic carbocycles. The molecule has 0 atom stereocenters. The van der Waals surface area contributed by atoms with Gasteiger partial charge < -0.3 is 20.5 Å². The maximum atomic E-state index is 5.70. The first kappa shape index (κ1) is 33.5. The first-order chi connectivity index (χ1) is 21.0. The second kappa shape index (κ2) is 17.8. The third-order valence-corrected chi connectivity index (χ3v) is 6.85. The van der Waals surface area contributed by atoms with Crippen LogP contribution in [0.5, 0.6) is 11.5 Å². The molecule has 0 aromatic heterocycles. The Morgan fingerprint density at radius 1 is 0.477 bits per heavy atom. The lowest BCUT2D eigenvalue weighted by Gasteiger charge is -2.10. The molecule has 0 radical (unpaired) electrons. The molecular weight excluding hydrogens is 608 g/mol. The predicted octanol–water partition coefficient (Wildman–Crippen LogP) is 11.1. The molecule has 0 fully saturated rings. The highest BCUT2D eigenvalue weighted by Gasteiger charge is 2.01. The second-order valence-electron chi connectivity index (χ2n) is 9.46. The van der Waals surface area contributed by atoms with Crippen molar-refractivity contribution in [3.63, 3.8) is 0 Å². The van der Waals surface area contributed by atoms with Crippen LogP contribution in [0.1, 0.15) is 7.43 Å². The molecule has 4 nitrogen and oxygen atoms in total. The number of methoxy groups -OCH3 is 2. The summed E-state index contributed by atoms with van der Waals surface area (Å²) < 4.78 is 11.3. The fourth-order valence-electron chi connectivity index (χ4n) is 4.22. The molecule has 44 heavy (non-hydrogen) atoms. The molecular formula is C39H39BrN2O2. The minimum absolute atomic E-state index is 0. The van der Waals surface area contributed by atoms with E-state index < -0.39 is 0 Å². The summed E-state index contributed by atoms with van der Waals surface area (Å²) >= 11 is 3.32. The lowest BCUT2D eigenvalue weighted by Crippen LogP contribution is -1.91. The van der Waals surface area contributed by atoms with Crippen LogP contribution in [0.2, 0.25) is 0 Å². The highest BCUT2D eigenvalue weighted by molar-refractivity contribution is 9.10. The van der Waals surface area contributed by atoms with E-state index in [0.29, 0.717) is 0 Å². The van der Waals surface area contributed by atoms with Gasteiger partial charge in [0.15, 0.2) is 0 Å². The molecule has 0 aliphatic carbocycles. The zero-order valence-corrected chi connectivity index (χ0v) is 25.9. The maximum absolute atomic E-state index is 5.70.